The lowest BCUT2D eigenvalue weighted by Crippen LogP contribution is -2.09. The average molecular weight is 293 g/mol. The Morgan fingerprint density at radius 1 is 1.10 bits per heavy atom. The van der Waals surface area contributed by atoms with Crippen LogP contribution in [0.15, 0.2) is 42.5 Å². The lowest BCUT2D eigenvalue weighted by molar-refractivity contribution is 0.373. The van der Waals surface area contributed by atoms with E-state index in [2.05, 4.69) is 4.72 Å². The van der Waals surface area contributed by atoms with E-state index in [9.17, 15) is 13.5 Å². The van der Waals surface area contributed by atoms with E-state index in [1.54, 1.807) is 30.3 Å². The number of nitrogens with one attached hydrogen (secondary N) is 1. The number of hydrogen-bond acceptors (Lipinski definition) is 4. The molecule has 106 valence electrons. The van der Waals surface area contributed by atoms with Crippen LogP contribution in [0.2, 0.25) is 0 Å². The fourth-order valence-corrected chi connectivity index (χ4v) is 2.39. The molecule has 20 heavy (non-hydrogen) atoms. The maximum Gasteiger partial charge on any atom is 0.229 e. The van der Waals surface area contributed by atoms with Crippen LogP contribution < -0.4 is 9.46 Å². The van der Waals surface area contributed by atoms with Gasteiger partial charge in [0, 0.05) is 5.69 Å². The molecule has 0 saturated carbocycles. The second-order valence-electron chi connectivity index (χ2n) is 4.34. The normalized spacial score (nSPS) is 11.1. The highest BCUT2D eigenvalue weighted by Gasteiger charge is 2.07. The molecular formula is C14H15NO4S. The van der Waals surface area contributed by atoms with E-state index in [0.717, 1.165) is 17.4 Å². The van der Waals surface area contributed by atoms with Gasteiger partial charge in [-0.1, -0.05) is 18.2 Å². The molecule has 2 rings (SSSR count). The van der Waals surface area contributed by atoms with Gasteiger partial charge in [-0.3, -0.25) is 4.72 Å². The van der Waals surface area contributed by atoms with Gasteiger partial charge in [0.05, 0.1) is 13.4 Å². The van der Waals surface area contributed by atoms with Gasteiger partial charge in [0.1, 0.15) is 0 Å². The van der Waals surface area contributed by atoms with Gasteiger partial charge in [-0.2, -0.15) is 0 Å². The van der Waals surface area contributed by atoms with Crippen LogP contribution in [0.5, 0.6) is 11.5 Å². The van der Waals surface area contributed by atoms with Crippen LogP contribution in [-0.4, -0.2) is 26.9 Å². The molecule has 5 nitrogen and oxygen atoms in total. The van der Waals surface area contributed by atoms with Crippen LogP contribution in [0, 0.1) is 0 Å². The molecule has 0 aliphatic carbocycles. The van der Waals surface area contributed by atoms with Crippen LogP contribution in [-0.2, 0) is 10.0 Å². The Kier molecular flexibility index (Phi) is 3.85. The number of anilines is 1. The van der Waals surface area contributed by atoms with Gasteiger partial charge < -0.3 is 9.84 Å². The van der Waals surface area contributed by atoms with Crippen molar-refractivity contribution >= 4 is 15.7 Å². The fraction of sp³-hybridized carbons (Fsp3) is 0.143. The summed E-state index contributed by atoms with van der Waals surface area (Å²) in [6.45, 7) is 0. The minimum absolute atomic E-state index is 0.0571. The molecule has 0 aliphatic heterocycles. The zero-order valence-electron chi connectivity index (χ0n) is 11.1. The van der Waals surface area contributed by atoms with Crippen molar-refractivity contribution in [3.63, 3.8) is 0 Å². The minimum Gasteiger partial charge on any atom is -0.504 e. The van der Waals surface area contributed by atoms with Crippen LogP contribution in [0.4, 0.5) is 5.69 Å². The number of sulfonamides is 1. The molecule has 0 fully saturated rings. The summed E-state index contributed by atoms with van der Waals surface area (Å²) >= 11 is 0. The molecule has 0 amide bonds. The first-order valence-electron chi connectivity index (χ1n) is 5.84. The summed E-state index contributed by atoms with van der Waals surface area (Å²) in [5, 5.41) is 9.57. The van der Waals surface area contributed by atoms with Crippen molar-refractivity contribution in [1.82, 2.24) is 0 Å². The predicted octanol–water partition coefficient (Wildman–Crippen LogP) is 2.44. The topological polar surface area (TPSA) is 75.6 Å². The molecule has 0 aromatic heterocycles. The Hall–Kier alpha value is -2.21. The van der Waals surface area contributed by atoms with Gasteiger partial charge >= 0.3 is 0 Å². The third-order valence-electron chi connectivity index (χ3n) is 2.68. The number of benzene rings is 2. The van der Waals surface area contributed by atoms with Crippen molar-refractivity contribution in [2.24, 2.45) is 0 Å². The average Bonchev–Trinajstić information content (AvgIpc) is 2.37. The molecular weight excluding hydrogens is 278 g/mol. The molecule has 0 aliphatic rings. The molecule has 0 spiro atoms. The van der Waals surface area contributed by atoms with Crippen molar-refractivity contribution in [1.29, 1.82) is 0 Å². The van der Waals surface area contributed by atoms with Crippen LogP contribution >= 0.6 is 0 Å². The first-order valence-corrected chi connectivity index (χ1v) is 7.73. The van der Waals surface area contributed by atoms with E-state index in [0.29, 0.717) is 11.4 Å². The predicted molar refractivity (Wildman–Crippen MR) is 78.6 cm³/mol. The smallest absolute Gasteiger partial charge is 0.229 e. The third kappa shape index (κ3) is 3.42. The molecule has 6 heteroatoms. The van der Waals surface area contributed by atoms with Crippen molar-refractivity contribution in [2.75, 3.05) is 18.1 Å². The Morgan fingerprint density at radius 2 is 1.80 bits per heavy atom. The van der Waals surface area contributed by atoms with Crippen molar-refractivity contribution in [2.45, 2.75) is 0 Å². The zero-order valence-corrected chi connectivity index (χ0v) is 11.9. The number of hydrogen-bond donors (Lipinski definition) is 2. The van der Waals surface area contributed by atoms with E-state index in [4.69, 9.17) is 4.74 Å². The number of rotatable bonds is 4. The van der Waals surface area contributed by atoms with Crippen LogP contribution in [0.3, 0.4) is 0 Å². The highest BCUT2D eigenvalue weighted by Crippen LogP contribution is 2.32. The second kappa shape index (κ2) is 5.42. The summed E-state index contributed by atoms with van der Waals surface area (Å²) in [6.07, 6.45) is 1.10. The Balaban J connectivity index is 2.40. The van der Waals surface area contributed by atoms with E-state index in [1.165, 1.54) is 13.2 Å². The number of phenols is 1. The lowest BCUT2D eigenvalue weighted by Gasteiger charge is -2.09. The van der Waals surface area contributed by atoms with E-state index >= 15 is 0 Å². The van der Waals surface area contributed by atoms with Gasteiger partial charge in [-0.15, -0.1) is 0 Å². The van der Waals surface area contributed by atoms with Gasteiger partial charge in [0.2, 0.25) is 10.0 Å². The maximum absolute atomic E-state index is 11.2. The summed E-state index contributed by atoms with van der Waals surface area (Å²) in [5.74, 6) is 0.422. The number of methoxy groups -OCH3 is 1. The summed E-state index contributed by atoms with van der Waals surface area (Å²) in [4.78, 5) is 0. The quantitative estimate of drug-likeness (QED) is 0.908. The summed E-state index contributed by atoms with van der Waals surface area (Å²) in [7, 11) is -1.84. The van der Waals surface area contributed by atoms with E-state index in [1.807, 2.05) is 6.07 Å². The highest BCUT2D eigenvalue weighted by molar-refractivity contribution is 7.92. The molecule has 0 heterocycles. The highest BCUT2D eigenvalue weighted by atomic mass is 32.2. The zero-order chi connectivity index (χ0) is 14.8. The molecule has 0 radical (unpaired) electrons. The summed E-state index contributed by atoms with van der Waals surface area (Å²) in [6, 6.07) is 11.9. The number of phenolic OH excluding ortho intramolecular Hbond substituents is 1. The van der Waals surface area contributed by atoms with Crippen molar-refractivity contribution in [3.05, 3.63) is 42.5 Å². The molecule has 2 aromatic rings. The fourth-order valence-electron chi connectivity index (χ4n) is 1.83. The second-order valence-corrected chi connectivity index (χ2v) is 6.09. The molecule has 2 N–H and O–H groups in total. The first-order chi connectivity index (χ1) is 9.39. The van der Waals surface area contributed by atoms with Crippen LogP contribution in [0.1, 0.15) is 0 Å². The summed E-state index contributed by atoms with van der Waals surface area (Å²) in [5.41, 5.74) is 2.12. The first kappa shape index (κ1) is 14.2. The minimum atomic E-state index is -3.31. The van der Waals surface area contributed by atoms with Crippen molar-refractivity contribution in [3.8, 4) is 22.6 Å². The lowest BCUT2D eigenvalue weighted by atomic mass is 10.0. The van der Waals surface area contributed by atoms with Gasteiger partial charge in [-0.05, 0) is 35.4 Å². The van der Waals surface area contributed by atoms with E-state index < -0.39 is 10.0 Å². The standard InChI is InChI=1S/C14H15NO4S/c1-19-14-9-11(6-7-13(14)16)10-4-3-5-12(8-10)15-20(2,17)18/h3-9,15-16H,1-2H3. The molecule has 0 unspecified atom stereocenters. The molecule has 2 aromatic carbocycles. The Labute approximate surface area is 117 Å². The summed E-state index contributed by atoms with van der Waals surface area (Å²) < 4.78 is 29.9. The molecule has 0 atom stereocenters. The molecule has 0 saturated heterocycles. The largest absolute Gasteiger partial charge is 0.504 e. The third-order valence-corrected chi connectivity index (χ3v) is 3.29. The number of aromatic hydroxyl groups is 1. The number of ether oxygens (including phenoxy) is 1. The maximum atomic E-state index is 11.2. The van der Waals surface area contributed by atoms with Crippen LogP contribution in [0.25, 0.3) is 11.1 Å². The van der Waals surface area contributed by atoms with E-state index in [-0.39, 0.29) is 5.75 Å². The van der Waals surface area contributed by atoms with Gasteiger partial charge in [-0.25, -0.2) is 8.42 Å². The SMILES string of the molecule is COc1cc(-c2cccc(NS(C)(=O)=O)c2)ccc1O. The molecule has 0 bridgehead atoms. The Bertz CT molecular complexity index is 726. The van der Waals surface area contributed by atoms with Gasteiger partial charge in [0.15, 0.2) is 11.5 Å². The van der Waals surface area contributed by atoms with Gasteiger partial charge in [0.25, 0.3) is 0 Å². The van der Waals surface area contributed by atoms with Crippen molar-refractivity contribution < 1.29 is 18.3 Å². The Morgan fingerprint density at radius 3 is 2.45 bits per heavy atom. The monoisotopic (exact) mass is 293 g/mol.